The topological polar surface area (TPSA) is 186 Å². The molecule has 0 bridgehead atoms. The summed E-state index contributed by atoms with van der Waals surface area (Å²) in [4.78, 5) is 11.5. The number of hydrogen-bond donors (Lipinski definition) is 7. The van der Waals surface area contributed by atoms with E-state index in [1.165, 1.54) is 6.08 Å². The second-order valence-electron chi connectivity index (χ2n) is 11.4. The lowest BCUT2D eigenvalue weighted by molar-refractivity contribution is -0.313. The molecule has 2 heterocycles. The van der Waals surface area contributed by atoms with Gasteiger partial charge in [0.1, 0.15) is 31.0 Å². The highest BCUT2D eigenvalue weighted by molar-refractivity contribution is 5.85. The van der Waals surface area contributed by atoms with Crippen molar-refractivity contribution in [3.8, 4) is 0 Å². The summed E-state index contributed by atoms with van der Waals surface area (Å²) in [6.45, 7) is 2.96. The predicted octanol–water partition coefficient (Wildman–Crippen LogP) is -1.10. The monoisotopic (exact) mass is 528 g/mol. The lowest BCUT2D eigenvalue weighted by Crippen LogP contribution is -2.62. The van der Waals surface area contributed by atoms with Crippen molar-refractivity contribution in [2.24, 2.45) is 16.7 Å². The molecule has 1 saturated heterocycles. The number of hydrogen-bond acceptors (Lipinski definition) is 11. The summed E-state index contributed by atoms with van der Waals surface area (Å²) < 4.78 is 16.4. The molecule has 0 aromatic carbocycles. The van der Waals surface area contributed by atoms with Gasteiger partial charge in [-0.05, 0) is 50.0 Å². The summed E-state index contributed by atoms with van der Waals surface area (Å²) in [6.07, 6.45) is -5.34. The van der Waals surface area contributed by atoms with Crippen LogP contribution in [0.5, 0.6) is 0 Å². The Morgan fingerprint density at radius 2 is 1.78 bits per heavy atom. The van der Waals surface area contributed by atoms with Crippen LogP contribution in [0.1, 0.15) is 46.0 Å². The smallest absolute Gasteiger partial charge is 0.331 e. The Morgan fingerprint density at radius 1 is 1.05 bits per heavy atom. The highest BCUT2D eigenvalue weighted by Crippen LogP contribution is 2.60. The van der Waals surface area contributed by atoms with Gasteiger partial charge in [0.25, 0.3) is 0 Å². The number of fused-ring (bicyclic) bond motifs is 1. The van der Waals surface area contributed by atoms with Crippen LogP contribution in [0.3, 0.4) is 0 Å². The van der Waals surface area contributed by atoms with Crippen LogP contribution in [-0.2, 0) is 19.0 Å². The first-order chi connectivity index (χ1) is 17.5. The number of aliphatic hydroxyl groups excluding tert-OH is 7. The van der Waals surface area contributed by atoms with E-state index in [1.54, 1.807) is 0 Å². The van der Waals surface area contributed by atoms with Crippen LogP contribution >= 0.6 is 0 Å². The summed E-state index contributed by atoms with van der Waals surface area (Å²) in [5.74, 6) is -0.867. The quantitative estimate of drug-likeness (QED) is 0.150. The van der Waals surface area contributed by atoms with Crippen LogP contribution < -0.4 is 0 Å². The third-order valence-electron chi connectivity index (χ3n) is 8.87. The highest BCUT2D eigenvalue weighted by atomic mass is 16.7. The van der Waals surface area contributed by atoms with Gasteiger partial charge in [-0.3, -0.25) is 0 Å². The van der Waals surface area contributed by atoms with Gasteiger partial charge in [-0.15, -0.1) is 0 Å². The summed E-state index contributed by atoms with van der Waals surface area (Å²) in [7, 11) is 0. The highest BCUT2D eigenvalue weighted by Gasteiger charge is 2.60. The van der Waals surface area contributed by atoms with Crippen LogP contribution in [0, 0.1) is 16.7 Å². The number of carbonyl (C=O) groups excluding carboxylic acids is 1. The number of carbonyl (C=O) groups is 1. The summed E-state index contributed by atoms with van der Waals surface area (Å²) >= 11 is 0. The molecule has 0 amide bonds. The summed E-state index contributed by atoms with van der Waals surface area (Å²) in [6, 6.07) is 0. The Labute approximate surface area is 216 Å². The molecule has 11 heteroatoms. The minimum absolute atomic E-state index is 0.137. The molecule has 7 N–H and O–H groups in total. The lowest BCUT2D eigenvalue weighted by Gasteiger charge is -2.59. The number of esters is 1. The van der Waals surface area contributed by atoms with Gasteiger partial charge in [-0.1, -0.05) is 18.1 Å². The molecule has 10 atom stereocenters. The van der Waals surface area contributed by atoms with Crippen LogP contribution in [0.4, 0.5) is 0 Å². The predicted molar refractivity (Wildman–Crippen MR) is 128 cm³/mol. The second kappa shape index (κ2) is 11.0. The molecule has 0 aromatic heterocycles. The lowest BCUT2D eigenvalue weighted by atomic mass is 9.47. The number of allylic oxidation sites excluding steroid dienone is 1. The van der Waals surface area contributed by atoms with Crippen LogP contribution in [0.2, 0.25) is 0 Å². The van der Waals surface area contributed by atoms with Crippen LogP contribution in [0.15, 0.2) is 22.8 Å². The maximum Gasteiger partial charge on any atom is 0.331 e. The SMILES string of the molecule is CC1=C(CCC2=CC(=O)OC2)[C@@]2(C)C[C@@H](O)C[C@](CO)(CO[C@@H]3O[C@H](CO)[C@@H](O)[C@H](O)[C@H]3O)[C@@H]2[C@@H](O)C1. The zero-order valence-corrected chi connectivity index (χ0v) is 21.3. The van der Waals surface area contributed by atoms with Crippen molar-refractivity contribution in [2.45, 2.75) is 88.9 Å². The average molecular weight is 529 g/mol. The molecule has 0 aromatic rings. The average Bonchev–Trinajstić information content (AvgIpc) is 3.25. The van der Waals surface area contributed by atoms with E-state index in [1.807, 2.05) is 13.8 Å². The van der Waals surface area contributed by atoms with Gasteiger partial charge < -0.3 is 50.0 Å². The van der Waals surface area contributed by atoms with Crippen LogP contribution in [-0.4, -0.2) is 111 Å². The molecule has 210 valence electrons. The van der Waals surface area contributed by atoms with Crippen molar-refractivity contribution < 1.29 is 54.8 Å². The van der Waals surface area contributed by atoms with Gasteiger partial charge in [0.2, 0.25) is 0 Å². The largest absolute Gasteiger partial charge is 0.458 e. The molecule has 2 aliphatic carbocycles. The van der Waals surface area contributed by atoms with Crippen molar-refractivity contribution in [3.05, 3.63) is 22.8 Å². The first-order valence-corrected chi connectivity index (χ1v) is 12.9. The van der Waals surface area contributed by atoms with Gasteiger partial charge in [-0.25, -0.2) is 4.79 Å². The molecule has 2 aliphatic heterocycles. The van der Waals surface area contributed by atoms with Crippen molar-refractivity contribution in [1.29, 1.82) is 0 Å². The van der Waals surface area contributed by atoms with E-state index in [4.69, 9.17) is 14.2 Å². The maximum atomic E-state index is 11.5. The third-order valence-corrected chi connectivity index (χ3v) is 8.87. The molecular formula is C26H40O11. The summed E-state index contributed by atoms with van der Waals surface area (Å²) in [5, 5.41) is 73.1. The normalized spacial score (nSPS) is 44.5. The van der Waals surface area contributed by atoms with Gasteiger partial charge >= 0.3 is 5.97 Å². The fourth-order valence-electron chi connectivity index (χ4n) is 7.30. The second-order valence-corrected chi connectivity index (χ2v) is 11.4. The Kier molecular flexibility index (Phi) is 8.49. The van der Waals surface area contributed by atoms with E-state index >= 15 is 0 Å². The molecule has 0 spiro atoms. The maximum absolute atomic E-state index is 11.5. The third kappa shape index (κ3) is 5.26. The van der Waals surface area contributed by atoms with E-state index in [-0.39, 0.29) is 25.6 Å². The van der Waals surface area contributed by atoms with Gasteiger partial charge in [0, 0.05) is 17.4 Å². The molecule has 2 fully saturated rings. The molecule has 4 rings (SSSR count). The number of aliphatic hydroxyl groups is 7. The van der Waals surface area contributed by atoms with Crippen molar-refractivity contribution in [1.82, 2.24) is 0 Å². The molecular weight excluding hydrogens is 488 g/mol. The van der Waals surface area contributed by atoms with E-state index in [9.17, 15) is 40.5 Å². The fraction of sp³-hybridized carbons (Fsp3) is 0.808. The van der Waals surface area contributed by atoms with Crippen LogP contribution in [0.25, 0.3) is 0 Å². The van der Waals surface area contributed by atoms with Crippen molar-refractivity contribution in [2.75, 3.05) is 26.4 Å². The van der Waals surface area contributed by atoms with E-state index in [2.05, 4.69) is 0 Å². The Hall–Kier alpha value is -1.41. The number of rotatable bonds is 8. The van der Waals surface area contributed by atoms with E-state index in [0.717, 1.165) is 16.7 Å². The van der Waals surface area contributed by atoms with E-state index in [0.29, 0.717) is 25.7 Å². The minimum atomic E-state index is -1.61. The molecule has 4 aliphatic rings. The van der Waals surface area contributed by atoms with Gasteiger partial charge in [0.05, 0.1) is 32.0 Å². The number of cyclic esters (lactones) is 1. The Bertz CT molecular complexity index is 916. The molecule has 1 saturated carbocycles. The first-order valence-electron chi connectivity index (χ1n) is 12.9. The number of ether oxygens (including phenoxy) is 3. The van der Waals surface area contributed by atoms with Gasteiger partial charge in [-0.2, -0.15) is 0 Å². The Morgan fingerprint density at radius 3 is 2.41 bits per heavy atom. The van der Waals surface area contributed by atoms with E-state index < -0.39 is 72.9 Å². The molecule has 0 radical (unpaired) electrons. The zero-order valence-electron chi connectivity index (χ0n) is 21.3. The molecule has 0 unspecified atom stereocenters. The first kappa shape index (κ1) is 28.6. The minimum Gasteiger partial charge on any atom is -0.458 e. The Balaban J connectivity index is 1.59. The van der Waals surface area contributed by atoms with Gasteiger partial charge in [0.15, 0.2) is 6.29 Å². The standard InChI is InChI=1S/C26H40O11/c1-13-5-17(30)23-25(2,16(13)4-3-14-6-19(31)35-10-14)7-15(29)8-26(23,11-28)12-36-24-22(34)21(33)20(32)18(9-27)37-24/h6,15,17-18,20-24,27-30,32-34H,3-5,7-12H2,1-2H3/t15-,17+,18-,20-,21+,22-,23-,24-,25-,26+/m1/s1. The zero-order chi connectivity index (χ0) is 27.1. The fourth-order valence-corrected chi connectivity index (χ4v) is 7.30. The molecule has 11 nitrogen and oxygen atoms in total. The summed E-state index contributed by atoms with van der Waals surface area (Å²) in [5.41, 5.74) is 1.15. The molecule has 37 heavy (non-hydrogen) atoms. The van der Waals surface area contributed by atoms with Crippen molar-refractivity contribution in [3.63, 3.8) is 0 Å². The van der Waals surface area contributed by atoms with Crippen molar-refractivity contribution >= 4 is 5.97 Å².